The first-order valence-electron chi connectivity index (χ1n) is 11.1. The number of amides is 1. The summed E-state index contributed by atoms with van der Waals surface area (Å²) in [7, 11) is 0. The molecule has 2 aromatic carbocycles. The summed E-state index contributed by atoms with van der Waals surface area (Å²) in [4.78, 5) is 28.1. The van der Waals surface area contributed by atoms with Crippen molar-refractivity contribution in [3.8, 4) is 5.75 Å². The number of aromatic nitrogens is 1. The van der Waals surface area contributed by atoms with E-state index in [0.29, 0.717) is 22.6 Å². The third-order valence-corrected chi connectivity index (χ3v) is 5.26. The number of nitrogens with zero attached hydrogens (tertiary/aromatic N) is 1. The first kappa shape index (κ1) is 22.8. The van der Waals surface area contributed by atoms with Gasteiger partial charge in [0, 0.05) is 41.4 Å². The lowest BCUT2D eigenvalue weighted by atomic mass is 10.1. The summed E-state index contributed by atoms with van der Waals surface area (Å²) < 4.78 is 5.89. The van der Waals surface area contributed by atoms with Crippen molar-refractivity contribution in [2.75, 3.05) is 17.2 Å². The summed E-state index contributed by atoms with van der Waals surface area (Å²) in [5, 5.41) is 18.7. The molecule has 1 aliphatic heterocycles. The standard InChI is InChI=1S/C26H26N4O4/c31-25(32)16-23(19-6-4-13-27-17-19)34-22-11-9-20(10-12-22)30-26(33)18-5-3-7-21(15-18)29-24-8-1-2-14-28-24/h3-13,15,17,23,28-29H,1-2,14,16H2,(H,30,33)(H,31,32). The fraction of sp³-hybridized carbons (Fsp3) is 0.192. The largest absolute Gasteiger partial charge is 0.485 e. The normalized spacial score (nSPS) is 13.7. The Kier molecular flexibility index (Phi) is 7.39. The maximum absolute atomic E-state index is 12.8. The van der Waals surface area contributed by atoms with E-state index < -0.39 is 12.1 Å². The number of carbonyl (C=O) groups excluding carboxylic acids is 1. The lowest BCUT2D eigenvalue weighted by Gasteiger charge is -2.18. The van der Waals surface area contributed by atoms with Crippen molar-refractivity contribution in [3.05, 3.63) is 96.1 Å². The van der Waals surface area contributed by atoms with Crippen LogP contribution in [0.3, 0.4) is 0 Å². The molecule has 2 heterocycles. The molecule has 8 nitrogen and oxygen atoms in total. The fourth-order valence-corrected chi connectivity index (χ4v) is 3.57. The number of rotatable bonds is 9. The van der Waals surface area contributed by atoms with Crippen molar-refractivity contribution in [1.82, 2.24) is 10.3 Å². The van der Waals surface area contributed by atoms with Gasteiger partial charge in [0.05, 0.1) is 12.2 Å². The average Bonchev–Trinajstić information content (AvgIpc) is 2.86. The average molecular weight is 459 g/mol. The van der Waals surface area contributed by atoms with E-state index in [-0.39, 0.29) is 12.3 Å². The van der Waals surface area contributed by atoms with E-state index in [2.05, 4.69) is 27.0 Å². The van der Waals surface area contributed by atoms with Crippen LogP contribution in [0.2, 0.25) is 0 Å². The lowest BCUT2D eigenvalue weighted by molar-refractivity contribution is -0.138. The number of nitrogens with one attached hydrogen (secondary N) is 3. The number of carboxylic acids is 1. The lowest BCUT2D eigenvalue weighted by Crippen LogP contribution is -2.24. The molecule has 0 radical (unpaired) electrons. The van der Waals surface area contributed by atoms with Crippen LogP contribution < -0.4 is 20.7 Å². The Hall–Kier alpha value is -4.33. The minimum atomic E-state index is -0.968. The van der Waals surface area contributed by atoms with Gasteiger partial charge in [-0.15, -0.1) is 0 Å². The first-order chi connectivity index (χ1) is 16.6. The van der Waals surface area contributed by atoms with Crippen molar-refractivity contribution in [1.29, 1.82) is 0 Å². The van der Waals surface area contributed by atoms with Crippen molar-refractivity contribution < 1.29 is 19.4 Å². The second kappa shape index (κ2) is 11.0. The van der Waals surface area contributed by atoms with Crippen LogP contribution in [-0.2, 0) is 4.79 Å². The van der Waals surface area contributed by atoms with Crippen LogP contribution >= 0.6 is 0 Å². The van der Waals surface area contributed by atoms with Crippen LogP contribution in [0.5, 0.6) is 5.75 Å². The summed E-state index contributed by atoms with van der Waals surface area (Å²) in [6.07, 6.45) is 6.59. The first-order valence-corrected chi connectivity index (χ1v) is 11.1. The fourth-order valence-electron chi connectivity index (χ4n) is 3.57. The molecule has 34 heavy (non-hydrogen) atoms. The molecular formula is C26H26N4O4. The van der Waals surface area contributed by atoms with Crippen LogP contribution in [0, 0.1) is 0 Å². The Morgan fingerprint density at radius 1 is 1.09 bits per heavy atom. The van der Waals surface area contributed by atoms with E-state index in [1.807, 2.05) is 12.1 Å². The molecular weight excluding hydrogens is 432 g/mol. The number of hydrogen-bond donors (Lipinski definition) is 4. The maximum Gasteiger partial charge on any atom is 0.307 e. The molecule has 1 aromatic heterocycles. The molecule has 8 heteroatoms. The third-order valence-electron chi connectivity index (χ3n) is 5.26. The van der Waals surface area contributed by atoms with Gasteiger partial charge in [0.25, 0.3) is 5.91 Å². The highest BCUT2D eigenvalue weighted by Gasteiger charge is 2.18. The number of allylic oxidation sites excluding steroid dienone is 1. The molecule has 0 bridgehead atoms. The number of benzene rings is 2. The topological polar surface area (TPSA) is 113 Å². The van der Waals surface area contributed by atoms with Gasteiger partial charge in [-0.1, -0.05) is 12.1 Å². The second-order valence-corrected chi connectivity index (χ2v) is 7.86. The van der Waals surface area contributed by atoms with Gasteiger partial charge in [0.2, 0.25) is 0 Å². The molecule has 1 aliphatic rings. The van der Waals surface area contributed by atoms with E-state index in [1.165, 1.54) is 0 Å². The van der Waals surface area contributed by atoms with E-state index in [0.717, 1.165) is 30.9 Å². The molecule has 4 rings (SSSR count). The molecule has 0 spiro atoms. The van der Waals surface area contributed by atoms with E-state index in [1.54, 1.807) is 60.9 Å². The second-order valence-electron chi connectivity index (χ2n) is 7.86. The van der Waals surface area contributed by atoms with Crippen LogP contribution in [0.15, 0.2) is 85.0 Å². The van der Waals surface area contributed by atoms with Crippen LogP contribution in [0.4, 0.5) is 11.4 Å². The van der Waals surface area contributed by atoms with Crippen molar-refractivity contribution >= 4 is 23.3 Å². The minimum absolute atomic E-state index is 0.193. The Morgan fingerprint density at radius 3 is 2.65 bits per heavy atom. The SMILES string of the molecule is O=C(O)CC(Oc1ccc(NC(=O)c2cccc(NC3=CCCCN3)c2)cc1)c1cccnc1. The van der Waals surface area contributed by atoms with Gasteiger partial charge in [0.15, 0.2) is 0 Å². The summed E-state index contributed by atoms with van der Waals surface area (Å²) in [6.45, 7) is 0.929. The van der Waals surface area contributed by atoms with Crippen LogP contribution in [-0.4, -0.2) is 28.5 Å². The number of ether oxygens (including phenoxy) is 1. The van der Waals surface area contributed by atoms with Gasteiger partial charge >= 0.3 is 5.97 Å². The molecule has 0 saturated carbocycles. The molecule has 0 fully saturated rings. The number of hydrogen-bond acceptors (Lipinski definition) is 6. The summed E-state index contributed by atoms with van der Waals surface area (Å²) in [5.74, 6) is 0.242. The van der Waals surface area contributed by atoms with Gasteiger partial charge in [0.1, 0.15) is 11.9 Å². The molecule has 1 atom stereocenters. The Labute approximate surface area is 197 Å². The van der Waals surface area contributed by atoms with Crippen molar-refractivity contribution in [2.45, 2.75) is 25.4 Å². The predicted molar refractivity (Wildman–Crippen MR) is 130 cm³/mol. The summed E-state index contributed by atoms with van der Waals surface area (Å²) in [6, 6.07) is 17.6. The van der Waals surface area contributed by atoms with Crippen LogP contribution in [0.25, 0.3) is 0 Å². The zero-order chi connectivity index (χ0) is 23.8. The highest BCUT2D eigenvalue weighted by molar-refractivity contribution is 6.04. The van der Waals surface area contributed by atoms with E-state index in [9.17, 15) is 14.7 Å². The third kappa shape index (κ3) is 6.35. The number of carboxylic acid groups (broad SMARTS) is 1. The smallest absolute Gasteiger partial charge is 0.307 e. The molecule has 174 valence electrons. The monoisotopic (exact) mass is 458 g/mol. The number of aliphatic carboxylic acids is 1. The van der Waals surface area contributed by atoms with Gasteiger partial charge in [-0.2, -0.15) is 0 Å². The Morgan fingerprint density at radius 2 is 1.94 bits per heavy atom. The van der Waals surface area contributed by atoms with E-state index >= 15 is 0 Å². The Balaban J connectivity index is 1.39. The molecule has 0 aliphatic carbocycles. The van der Waals surface area contributed by atoms with Crippen molar-refractivity contribution in [2.24, 2.45) is 0 Å². The number of anilines is 2. The summed E-state index contributed by atoms with van der Waals surface area (Å²) in [5.41, 5.74) is 2.63. The summed E-state index contributed by atoms with van der Waals surface area (Å²) >= 11 is 0. The molecule has 3 aromatic rings. The number of carbonyl (C=O) groups is 2. The zero-order valence-electron chi connectivity index (χ0n) is 18.5. The van der Waals surface area contributed by atoms with Gasteiger partial charge in [-0.3, -0.25) is 14.6 Å². The Bertz CT molecular complexity index is 1160. The maximum atomic E-state index is 12.8. The molecule has 1 unspecified atom stereocenters. The highest BCUT2D eigenvalue weighted by atomic mass is 16.5. The molecule has 0 saturated heterocycles. The zero-order valence-corrected chi connectivity index (χ0v) is 18.5. The minimum Gasteiger partial charge on any atom is -0.485 e. The van der Waals surface area contributed by atoms with Crippen LogP contribution in [0.1, 0.15) is 41.3 Å². The quantitative estimate of drug-likeness (QED) is 0.372. The van der Waals surface area contributed by atoms with E-state index in [4.69, 9.17) is 4.74 Å². The predicted octanol–water partition coefficient (Wildman–Crippen LogP) is 4.57. The van der Waals surface area contributed by atoms with Gasteiger partial charge in [-0.05, 0) is 67.4 Å². The van der Waals surface area contributed by atoms with Gasteiger partial charge < -0.3 is 25.8 Å². The van der Waals surface area contributed by atoms with Gasteiger partial charge in [-0.25, -0.2) is 0 Å². The molecule has 4 N–H and O–H groups in total. The molecule has 1 amide bonds. The number of pyridine rings is 1. The van der Waals surface area contributed by atoms with Crippen molar-refractivity contribution in [3.63, 3.8) is 0 Å². The highest BCUT2D eigenvalue weighted by Crippen LogP contribution is 2.26.